The summed E-state index contributed by atoms with van der Waals surface area (Å²) in [6.07, 6.45) is -5.95. The molecule has 1 fully saturated rings. The Morgan fingerprint density at radius 3 is 2.57 bits per heavy atom. The second kappa shape index (κ2) is 6.69. The molecule has 1 saturated heterocycles. The van der Waals surface area contributed by atoms with Crippen LogP contribution in [0.25, 0.3) is 0 Å². The molecule has 1 aliphatic heterocycles. The Morgan fingerprint density at radius 1 is 1.30 bits per heavy atom. The molecule has 1 aromatic heterocycles. The first-order valence-corrected chi connectivity index (χ1v) is 11.0. The number of hydrogen-bond acceptors (Lipinski definition) is 5. The molecule has 0 spiro atoms. The van der Waals surface area contributed by atoms with E-state index >= 15 is 0 Å². The van der Waals surface area contributed by atoms with Gasteiger partial charge in [0, 0.05) is 18.0 Å². The highest BCUT2D eigenvalue weighted by atomic mass is 32.2. The van der Waals surface area contributed by atoms with Crippen LogP contribution in [0, 0.1) is 0 Å². The van der Waals surface area contributed by atoms with Crippen molar-refractivity contribution in [3.05, 3.63) is 22.4 Å². The third-order valence-electron chi connectivity index (χ3n) is 3.60. The highest BCUT2D eigenvalue weighted by Gasteiger charge is 2.37. The van der Waals surface area contributed by atoms with Crippen molar-refractivity contribution in [3.63, 3.8) is 0 Å². The van der Waals surface area contributed by atoms with Crippen molar-refractivity contribution in [1.29, 1.82) is 0 Å². The third kappa shape index (κ3) is 4.91. The second-order valence-electron chi connectivity index (χ2n) is 5.24. The van der Waals surface area contributed by atoms with Crippen LogP contribution in [-0.4, -0.2) is 51.9 Å². The van der Waals surface area contributed by atoms with Crippen LogP contribution in [0.2, 0.25) is 0 Å². The van der Waals surface area contributed by atoms with Gasteiger partial charge in [-0.15, -0.1) is 11.3 Å². The molecule has 2 heterocycles. The van der Waals surface area contributed by atoms with E-state index in [-0.39, 0.29) is 25.3 Å². The zero-order valence-electron chi connectivity index (χ0n) is 12.0. The van der Waals surface area contributed by atoms with Gasteiger partial charge in [-0.2, -0.15) is 13.2 Å². The summed E-state index contributed by atoms with van der Waals surface area (Å²) >= 11 is 1.27. The van der Waals surface area contributed by atoms with Crippen molar-refractivity contribution in [2.24, 2.45) is 0 Å². The van der Waals surface area contributed by atoms with Gasteiger partial charge in [0.1, 0.15) is 0 Å². The Labute approximate surface area is 137 Å². The van der Waals surface area contributed by atoms with E-state index in [1.165, 1.54) is 11.3 Å². The van der Waals surface area contributed by atoms with Gasteiger partial charge in [-0.25, -0.2) is 21.1 Å². The van der Waals surface area contributed by atoms with Gasteiger partial charge in [0.15, 0.2) is 9.84 Å². The Bertz CT molecular complexity index is 726. The van der Waals surface area contributed by atoms with Gasteiger partial charge in [0.25, 0.3) is 0 Å². The van der Waals surface area contributed by atoms with Crippen LogP contribution in [0.3, 0.4) is 0 Å². The van der Waals surface area contributed by atoms with Crippen molar-refractivity contribution >= 4 is 31.2 Å². The van der Waals surface area contributed by atoms with E-state index in [1.807, 2.05) is 0 Å². The van der Waals surface area contributed by atoms with Crippen LogP contribution >= 0.6 is 11.3 Å². The fourth-order valence-electron chi connectivity index (χ4n) is 2.37. The number of thiophene rings is 1. The summed E-state index contributed by atoms with van der Waals surface area (Å²) in [7, 11) is -7.67. The smallest absolute Gasteiger partial charge is 0.228 e. The molecule has 2 rings (SSSR count). The summed E-state index contributed by atoms with van der Waals surface area (Å²) < 4.78 is 86.2. The molecule has 0 N–H and O–H groups in total. The summed E-state index contributed by atoms with van der Waals surface area (Å²) in [5, 5.41) is 0.929. The number of alkyl halides is 3. The Balaban J connectivity index is 2.14. The lowest BCUT2D eigenvalue weighted by Crippen LogP contribution is -2.36. The number of nitrogens with zero attached hydrogens (tertiary/aromatic N) is 1. The highest BCUT2D eigenvalue weighted by molar-refractivity contribution is 7.92. The predicted octanol–water partition coefficient (Wildman–Crippen LogP) is 2.19. The fraction of sp³-hybridized carbons (Fsp3) is 0.667. The lowest BCUT2D eigenvalue weighted by molar-refractivity contribution is -0.130. The average Bonchev–Trinajstić information content (AvgIpc) is 2.87. The Hall–Kier alpha value is -0.650. The summed E-state index contributed by atoms with van der Waals surface area (Å²) in [4.78, 5) is 0.625. The Kier molecular flexibility index (Phi) is 5.44. The van der Waals surface area contributed by atoms with Gasteiger partial charge >= 0.3 is 6.18 Å². The second-order valence-corrected chi connectivity index (χ2v) is 10.6. The maximum atomic E-state index is 12.3. The van der Waals surface area contributed by atoms with Crippen LogP contribution in [0.1, 0.15) is 23.0 Å². The van der Waals surface area contributed by atoms with Gasteiger partial charge in [-0.05, 0) is 17.9 Å². The molecule has 0 amide bonds. The van der Waals surface area contributed by atoms with Gasteiger partial charge in [-0.1, -0.05) is 6.07 Å². The van der Waals surface area contributed by atoms with Crippen molar-refractivity contribution in [1.82, 2.24) is 4.31 Å². The number of sulfonamides is 1. The van der Waals surface area contributed by atoms with E-state index in [0.29, 0.717) is 4.88 Å². The summed E-state index contributed by atoms with van der Waals surface area (Å²) in [6.45, 7) is -0.396. The number of halogens is 3. The van der Waals surface area contributed by atoms with Crippen molar-refractivity contribution < 1.29 is 30.0 Å². The number of sulfone groups is 1. The molecule has 1 unspecified atom stereocenters. The van der Waals surface area contributed by atoms with E-state index in [1.54, 1.807) is 17.5 Å². The molecule has 0 aromatic carbocycles. The third-order valence-corrected chi connectivity index (χ3v) is 8.71. The first-order chi connectivity index (χ1) is 10.5. The molecule has 23 heavy (non-hydrogen) atoms. The predicted molar refractivity (Wildman–Crippen MR) is 81.5 cm³/mol. The zero-order chi connectivity index (χ0) is 17.3. The van der Waals surface area contributed by atoms with Crippen molar-refractivity contribution in [2.45, 2.75) is 24.3 Å². The fourth-order valence-corrected chi connectivity index (χ4v) is 6.99. The van der Waals surface area contributed by atoms with Crippen LogP contribution < -0.4 is 0 Å². The first-order valence-electron chi connectivity index (χ1n) is 6.81. The SMILES string of the molecule is O=S1(=O)CCN(S(=O)(=O)CCC(F)(F)F)CCC1c1cccs1. The van der Waals surface area contributed by atoms with Crippen LogP contribution in [-0.2, 0) is 19.9 Å². The summed E-state index contributed by atoms with van der Waals surface area (Å²) in [5.74, 6) is -1.44. The lowest BCUT2D eigenvalue weighted by Gasteiger charge is -2.20. The van der Waals surface area contributed by atoms with Gasteiger partial charge < -0.3 is 0 Å². The normalized spacial score (nSPS) is 23.5. The molecule has 0 radical (unpaired) electrons. The van der Waals surface area contributed by atoms with Crippen molar-refractivity contribution in [3.8, 4) is 0 Å². The monoisotopic (exact) mass is 391 g/mol. The number of rotatable bonds is 4. The molecule has 5 nitrogen and oxygen atoms in total. The average molecular weight is 391 g/mol. The van der Waals surface area contributed by atoms with E-state index in [4.69, 9.17) is 0 Å². The van der Waals surface area contributed by atoms with E-state index < -0.39 is 43.5 Å². The topological polar surface area (TPSA) is 71.5 Å². The molecular formula is C12H16F3NO4S3. The molecule has 132 valence electrons. The zero-order valence-corrected chi connectivity index (χ0v) is 14.4. The van der Waals surface area contributed by atoms with Crippen molar-refractivity contribution in [2.75, 3.05) is 24.6 Å². The Morgan fingerprint density at radius 2 is 2.00 bits per heavy atom. The highest BCUT2D eigenvalue weighted by Crippen LogP contribution is 2.33. The van der Waals surface area contributed by atoms with Gasteiger partial charge in [0.2, 0.25) is 10.0 Å². The number of hydrogen-bond donors (Lipinski definition) is 0. The maximum absolute atomic E-state index is 12.3. The van der Waals surface area contributed by atoms with E-state index in [9.17, 15) is 30.0 Å². The summed E-state index contributed by atoms with van der Waals surface area (Å²) in [6, 6.07) is 3.37. The molecule has 1 aliphatic rings. The van der Waals surface area contributed by atoms with Gasteiger partial charge in [-0.3, -0.25) is 0 Å². The minimum absolute atomic E-state index is 0.0497. The quantitative estimate of drug-likeness (QED) is 0.789. The first kappa shape index (κ1) is 18.7. The minimum atomic E-state index is -4.56. The molecule has 11 heteroatoms. The molecular weight excluding hydrogens is 375 g/mol. The van der Waals surface area contributed by atoms with Crippen LogP contribution in [0.15, 0.2) is 17.5 Å². The molecule has 0 bridgehead atoms. The largest absolute Gasteiger partial charge is 0.390 e. The van der Waals surface area contributed by atoms with Gasteiger partial charge in [0.05, 0.1) is 23.2 Å². The van der Waals surface area contributed by atoms with E-state index in [0.717, 1.165) is 4.31 Å². The minimum Gasteiger partial charge on any atom is -0.228 e. The molecule has 0 aliphatic carbocycles. The summed E-state index contributed by atoms with van der Waals surface area (Å²) in [5.41, 5.74) is 0. The molecule has 1 atom stereocenters. The maximum Gasteiger partial charge on any atom is 0.390 e. The van der Waals surface area contributed by atoms with Crippen LogP contribution in [0.5, 0.6) is 0 Å². The van der Waals surface area contributed by atoms with E-state index in [2.05, 4.69) is 0 Å². The molecule has 0 saturated carbocycles. The molecule has 1 aromatic rings. The lowest BCUT2D eigenvalue weighted by atomic mass is 10.2. The van der Waals surface area contributed by atoms with Crippen LogP contribution in [0.4, 0.5) is 13.2 Å². The standard InChI is InChI=1S/C12H16F3NO4S3/c13-12(14,15)4-8-23(19,20)16-5-3-11(10-2-1-7-21-10)22(17,18)9-6-16/h1-2,7,11H,3-6,8-9H2.